The Balaban J connectivity index is 1.31. The quantitative estimate of drug-likeness (QED) is 0.248. The fourth-order valence-corrected chi connectivity index (χ4v) is 3.76. The molecular weight excluding hydrogens is 504 g/mol. The van der Waals surface area contributed by atoms with Gasteiger partial charge in [-0.25, -0.2) is 23.7 Å². The van der Waals surface area contributed by atoms with E-state index in [-0.39, 0.29) is 35.0 Å². The normalized spacial score (nSPS) is 10.7. The van der Waals surface area contributed by atoms with E-state index in [0.29, 0.717) is 11.5 Å². The number of nitriles is 1. The molecule has 0 unspecified atom stereocenters. The van der Waals surface area contributed by atoms with Crippen LogP contribution >= 0.6 is 0 Å². The van der Waals surface area contributed by atoms with E-state index < -0.39 is 17.5 Å². The highest BCUT2D eigenvalue weighted by atomic mass is 19.2. The molecule has 0 aliphatic heterocycles. The molecule has 0 aliphatic rings. The van der Waals surface area contributed by atoms with Crippen molar-refractivity contribution < 1.29 is 13.6 Å². The fourth-order valence-electron chi connectivity index (χ4n) is 3.76. The maximum absolute atomic E-state index is 13.6. The van der Waals surface area contributed by atoms with Gasteiger partial charge in [0.05, 0.1) is 11.6 Å². The minimum Gasteiger partial charge on any atom is -0.384 e. The highest BCUT2D eigenvalue weighted by Gasteiger charge is 2.18. The van der Waals surface area contributed by atoms with Crippen LogP contribution in [0.25, 0.3) is 27.9 Å². The minimum absolute atomic E-state index is 0.0226. The Bertz CT molecular complexity index is 1780. The number of nitrogen functional groups attached to an aromatic ring is 1. The van der Waals surface area contributed by atoms with Gasteiger partial charge in [0.1, 0.15) is 11.9 Å². The van der Waals surface area contributed by atoms with Crippen LogP contribution in [0.1, 0.15) is 27.3 Å². The Kier molecular flexibility index (Phi) is 6.63. The van der Waals surface area contributed by atoms with Crippen molar-refractivity contribution in [1.82, 2.24) is 30.5 Å². The summed E-state index contributed by atoms with van der Waals surface area (Å²) in [7, 11) is 0. The van der Waals surface area contributed by atoms with Crippen LogP contribution in [0.15, 0.2) is 67.5 Å². The summed E-state index contributed by atoms with van der Waals surface area (Å²) in [5, 5.41) is 22.2. The molecule has 192 valence electrons. The number of carbonyl (C=O) groups is 1. The van der Waals surface area contributed by atoms with Gasteiger partial charge in [0, 0.05) is 29.6 Å². The number of H-pyrrole nitrogens is 1. The third-order valence-electron chi connectivity index (χ3n) is 5.82. The van der Waals surface area contributed by atoms with Crippen molar-refractivity contribution in [2.24, 2.45) is 0 Å². The number of hydrogen-bond donors (Lipinski definition) is 4. The van der Waals surface area contributed by atoms with Crippen LogP contribution in [-0.2, 0) is 6.54 Å². The largest absolute Gasteiger partial charge is 0.384 e. The van der Waals surface area contributed by atoms with E-state index in [4.69, 9.17) is 5.73 Å². The number of pyridine rings is 1. The number of amides is 1. The number of hydrogen-bond acceptors (Lipinski definition) is 8. The van der Waals surface area contributed by atoms with Crippen LogP contribution in [0.5, 0.6) is 0 Å². The number of benzene rings is 2. The maximum Gasteiger partial charge on any atom is 0.278 e. The smallest absolute Gasteiger partial charge is 0.278 e. The zero-order valence-corrected chi connectivity index (χ0v) is 20.2. The molecule has 0 bridgehead atoms. The van der Waals surface area contributed by atoms with Gasteiger partial charge in [0.25, 0.3) is 5.91 Å². The summed E-state index contributed by atoms with van der Waals surface area (Å²) in [4.78, 5) is 25.5. The van der Waals surface area contributed by atoms with Crippen molar-refractivity contribution in [1.29, 1.82) is 5.26 Å². The molecule has 0 saturated carbocycles. The lowest BCUT2D eigenvalue weighted by Gasteiger charge is -2.13. The topological polar surface area (TPSA) is 158 Å². The minimum atomic E-state index is -1.08. The van der Waals surface area contributed by atoms with Crippen molar-refractivity contribution in [3.63, 3.8) is 0 Å². The Morgan fingerprint density at radius 1 is 1.05 bits per heavy atom. The maximum atomic E-state index is 13.6. The molecule has 5 aromatic rings. The number of nitrogens with one attached hydrogen (secondary N) is 3. The molecule has 0 atom stereocenters. The number of aromatic nitrogens is 5. The second kappa shape index (κ2) is 10.3. The molecule has 10 nitrogen and oxygen atoms in total. The van der Waals surface area contributed by atoms with Gasteiger partial charge in [-0.05, 0) is 35.4 Å². The van der Waals surface area contributed by atoms with Crippen molar-refractivity contribution in [3.05, 3.63) is 102 Å². The van der Waals surface area contributed by atoms with Gasteiger partial charge in [-0.2, -0.15) is 10.4 Å². The van der Waals surface area contributed by atoms with Crippen molar-refractivity contribution in [3.8, 4) is 17.2 Å². The van der Waals surface area contributed by atoms with E-state index in [1.807, 2.05) is 36.4 Å². The summed E-state index contributed by atoms with van der Waals surface area (Å²) in [6.45, 7) is 4.00. The highest BCUT2D eigenvalue weighted by molar-refractivity contribution is 6.01. The summed E-state index contributed by atoms with van der Waals surface area (Å²) in [6.07, 6.45) is 2.94. The number of rotatable bonds is 7. The molecular formula is C27H19F2N9O. The lowest BCUT2D eigenvalue weighted by molar-refractivity contribution is 0.0969. The van der Waals surface area contributed by atoms with Crippen LogP contribution in [0, 0.1) is 23.0 Å². The lowest BCUT2D eigenvalue weighted by Crippen LogP contribution is -2.25. The van der Waals surface area contributed by atoms with Gasteiger partial charge in [-0.1, -0.05) is 30.8 Å². The van der Waals surface area contributed by atoms with Crippen molar-refractivity contribution >= 4 is 34.3 Å². The van der Waals surface area contributed by atoms with E-state index in [1.165, 1.54) is 12.3 Å². The zero-order chi connectivity index (χ0) is 27.5. The molecule has 0 aliphatic carbocycles. The van der Waals surface area contributed by atoms with Gasteiger partial charge in [-0.3, -0.25) is 9.89 Å². The monoisotopic (exact) mass is 523 g/mol. The fraction of sp³-hybridized carbons (Fsp3) is 0.0370. The van der Waals surface area contributed by atoms with E-state index in [1.54, 1.807) is 6.20 Å². The molecule has 5 rings (SSSR count). The Labute approximate surface area is 220 Å². The Hall–Kier alpha value is -5.70. The van der Waals surface area contributed by atoms with E-state index in [2.05, 4.69) is 42.4 Å². The SMILES string of the molecule is C=C(NC(=O)c1nc(C#N)cnc1NCc1ccc(-c2cnc3n[nH]c(N)c3c2)cc1)c1ccc(F)c(F)c1. The summed E-state index contributed by atoms with van der Waals surface area (Å²) in [5.41, 5.74) is 9.06. The first kappa shape index (κ1) is 25.0. The molecule has 1 amide bonds. The van der Waals surface area contributed by atoms with E-state index in [0.717, 1.165) is 34.2 Å². The molecule has 3 heterocycles. The molecule has 3 aromatic heterocycles. The number of anilines is 2. The van der Waals surface area contributed by atoms with Gasteiger partial charge in [0.15, 0.2) is 34.5 Å². The van der Waals surface area contributed by atoms with Crippen LogP contribution in [-0.4, -0.2) is 31.1 Å². The van der Waals surface area contributed by atoms with E-state index in [9.17, 15) is 18.8 Å². The van der Waals surface area contributed by atoms with Crippen molar-refractivity contribution in [2.75, 3.05) is 11.1 Å². The first-order chi connectivity index (χ1) is 18.8. The number of carbonyl (C=O) groups excluding carboxylic acids is 1. The average molecular weight is 524 g/mol. The first-order valence-electron chi connectivity index (χ1n) is 11.5. The number of nitrogens with zero attached hydrogens (tertiary/aromatic N) is 5. The average Bonchev–Trinajstić information content (AvgIpc) is 3.33. The Morgan fingerprint density at radius 3 is 2.59 bits per heavy atom. The van der Waals surface area contributed by atoms with Gasteiger partial charge in [0.2, 0.25) is 0 Å². The predicted molar refractivity (Wildman–Crippen MR) is 141 cm³/mol. The third-order valence-corrected chi connectivity index (χ3v) is 5.82. The second-order valence-electron chi connectivity index (χ2n) is 8.41. The first-order valence-corrected chi connectivity index (χ1v) is 11.5. The molecule has 0 spiro atoms. The van der Waals surface area contributed by atoms with Gasteiger partial charge in [-0.15, -0.1) is 0 Å². The predicted octanol–water partition coefficient (Wildman–Crippen LogP) is 4.16. The molecule has 5 N–H and O–H groups in total. The van der Waals surface area contributed by atoms with Crippen LogP contribution < -0.4 is 16.4 Å². The number of fused-ring (bicyclic) bond motifs is 1. The Morgan fingerprint density at radius 2 is 1.85 bits per heavy atom. The number of aromatic amines is 1. The molecule has 2 aromatic carbocycles. The third kappa shape index (κ3) is 5.23. The lowest BCUT2D eigenvalue weighted by atomic mass is 10.0. The summed E-state index contributed by atoms with van der Waals surface area (Å²) < 4.78 is 26.9. The number of halogens is 2. The van der Waals surface area contributed by atoms with Crippen LogP contribution in [0.2, 0.25) is 0 Å². The van der Waals surface area contributed by atoms with E-state index >= 15 is 0 Å². The molecule has 12 heteroatoms. The molecule has 0 saturated heterocycles. The summed E-state index contributed by atoms with van der Waals surface area (Å²) in [5.74, 6) is -2.26. The zero-order valence-electron chi connectivity index (χ0n) is 20.2. The van der Waals surface area contributed by atoms with Crippen LogP contribution in [0.4, 0.5) is 20.4 Å². The number of nitrogens with two attached hydrogens (primary N) is 1. The van der Waals surface area contributed by atoms with Gasteiger partial charge < -0.3 is 16.4 Å². The summed E-state index contributed by atoms with van der Waals surface area (Å²) in [6, 6.07) is 14.5. The molecule has 39 heavy (non-hydrogen) atoms. The summed E-state index contributed by atoms with van der Waals surface area (Å²) >= 11 is 0. The molecule has 0 fully saturated rings. The van der Waals surface area contributed by atoms with Crippen LogP contribution in [0.3, 0.4) is 0 Å². The van der Waals surface area contributed by atoms with Gasteiger partial charge >= 0.3 is 0 Å². The van der Waals surface area contributed by atoms with Crippen molar-refractivity contribution in [2.45, 2.75) is 6.54 Å². The standard InChI is InChI=1S/C27H19F2N9O/c1-14(17-6-7-21(28)22(29)9-17)35-27(39)23-26(34-13-19(10-30)36-23)32-11-15-2-4-16(5-3-15)18-8-20-24(31)37-38-25(20)33-12-18/h2-9,12-13H,1,11H2,(H,32,34)(H,35,39)(H3,31,33,37,38). The highest BCUT2D eigenvalue weighted by Crippen LogP contribution is 2.25. The second-order valence-corrected chi connectivity index (χ2v) is 8.41. The molecule has 0 radical (unpaired) electrons.